The molecule has 4 amide bonds. The number of nitrogens with one attached hydrogen (secondary N) is 1. The zero-order chi connectivity index (χ0) is 23.4. The van der Waals surface area contributed by atoms with Crippen LogP contribution < -0.4 is 10.2 Å². The largest absolute Gasteiger partial charge is 0.335 e. The number of benzene rings is 1. The molecule has 1 saturated heterocycles. The molecule has 1 aromatic carbocycles. The summed E-state index contributed by atoms with van der Waals surface area (Å²) in [5.41, 5.74) is 1.56. The Kier molecular flexibility index (Phi) is 6.51. The molecule has 8 heteroatoms. The van der Waals surface area contributed by atoms with Gasteiger partial charge in [0.1, 0.15) is 5.41 Å². The van der Waals surface area contributed by atoms with Crippen molar-refractivity contribution in [3.63, 3.8) is 0 Å². The lowest BCUT2D eigenvalue weighted by atomic mass is 9.74. The van der Waals surface area contributed by atoms with Crippen molar-refractivity contribution < 1.29 is 14.4 Å². The lowest BCUT2D eigenvalue weighted by Gasteiger charge is -2.40. The van der Waals surface area contributed by atoms with E-state index in [0.717, 1.165) is 16.0 Å². The highest BCUT2D eigenvalue weighted by Gasteiger charge is 2.53. The van der Waals surface area contributed by atoms with Crippen LogP contribution in [0.1, 0.15) is 29.5 Å². The van der Waals surface area contributed by atoms with Crippen LogP contribution in [0.25, 0.3) is 0 Å². The van der Waals surface area contributed by atoms with Gasteiger partial charge in [-0.3, -0.25) is 24.9 Å². The van der Waals surface area contributed by atoms with Gasteiger partial charge in [-0.25, -0.2) is 9.69 Å². The summed E-state index contributed by atoms with van der Waals surface area (Å²) in [5, 5.41) is 2.82. The molecule has 0 atom stereocenters. The van der Waals surface area contributed by atoms with Crippen molar-refractivity contribution >= 4 is 35.1 Å². The molecule has 2 aromatic heterocycles. The summed E-state index contributed by atoms with van der Waals surface area (Å²) in [7, 11) is 0. The zero-order valence-electron chi connectivity index (χ0n) is 18.1. The Hall–Kier alpha value is -3.58. The van der Waals surface area contributed by atoms with Gasteiger partial charge in [-0.1, -0.05) is 17.7 Å². The number of carbonyl (C=O) groups excluding carboxylic acids is 3. The van der Waals surface area contributed by atoms with Crippen molar-refractivity contribution in [2.24, 2.45) is 5.41 Å². The summed E-state index contributed by atoms with van der Waals surface area (Å²) in [6.45, 7) is 1.79. The highest BCUT2D eigenvalue weighted by molar-refractivity contribution is 6.33. The predicted molar refractivity (Wildman–Crippen MR) is 125 cm³/mol. The summed E-state index contributed by atoms with van der Waals surface area (Å²) in [4.78, 5) is 49.2. The minimum Gasteiger partial charge on any atom is -0.276 e. The van der Waals surface area contributed by atoms with Crippen LogP contribution in [0, 0.1) is 12.3 Å². The van der Waals surface area contributed by atoms with Gasteiger partial charge in [0.25, 0.3) is 5.91 Å². The number of rotatable bonds is 7. The Morgan fingerprint density at radius 3 is 1.97 bits per heavy atom. The Morgan fingerprint density at radius 1 is 0.879 bits per heavy atom. The average molecular weight is 463 g/mol. The molecule has 4 rings (SSSR count). The molecule has 0 unspecified atom stereocenters. The van der Waals surface area contributed by atoms with Crippen molar-refractivity contribution in [1.29, 1.82) is 0 Å². The molecule has 3 heterocycles. The minimum absolute atomic E-state index is 0.246. The molecule has 33 heavy (non-hydrogen) atoms. The third kappa shape index (κ3) is 4.64. The van der Waals surface area contributed by atoms with Crippen molar-refractivity contribution in [2.45, 2.75) is 32.6 Å². The Bertz CT molecular complexity index is 1140. The van der Waals surface area contributed by atoms with Crippen LogP contribution in [-0.2, 0) is 22.4 Å². The molecule has 7 nitrogen and oxygen atoms in total. The number of aromatic nitrogens is 2. The van der Waals surface area contributed by atoms with Crippen LogP contribution in [-0.4, -0.2) is 27.8 Å². The van der Waals surface area contributed by atoms with Gasteiger partial charge in [0.15, 0.2) is 0 Å². The Balaban J connectivity index is 1.73. The van der Waals surface area contributed by atoms with E-state index in [1.54, 1.807) is 49.9 Å². The quantitative estimate of drug-likeness (QED) is 0.529. The van der Waals surface area contributed by atoms with E-state index in [-0.39, 0.29) is 12.8 Å². The maximum absolute atomic E-state index is 14.0. The van der Waals surface area contributed by atoms with Crippen molar-refractivity contribution in [3.05, 3.63) is 89.0 Å². The Labute approximate surface area is 196 Å². The highest BCUT2D eigenvalue weighted by atomic mass is 35.5. The van der Waals surface area contributed by atoms with Gasteiger partial charge < -0.3 is 0 Å². The summed E-state index contributed by atoms with van der Waals surface area (Å²) in [5.74, 6) is -1.11. The molecule has 1 aliphatic rings. The number of amides is 4. The number of urea groups is 1. The van der Waals surface area contributed by atoms with E-state index in [4.69, 9.17) is 11.6 Å². The highest BCUT2D eigenvalue weighted by Crippen LogP contribution is 2.38. The molecular formula is C25H23ClN4O3. The number of imide groups is 2. The first-order valence-corrected chi connectivity index (χ1v) is 11.0. The number of nitrogens with zero attached hydrogens (tertiary/aromatic N) is 3. The van der Waals surface area contributed by atoms with Crippen LogP contribution in [0.15, 0.2) is 67.3 Å². The average Bonchev–Trinajstić information content (AvgIpc) is 2.82. The first-order chi connectivity index (χ1) is 15.9. The van der Waals surface area contributed by atoms with Crippen LogP contribution in [0.4, 0.5) is 10.5 Å². The van der Waals surface area contributed by atoms with Crippen molar-refractivity contribution in [3.8, 4) is 0 Å². The van der Waals surface area contributed by atoms with E-state index in [9.17, 15) is 14.4 Å². The van der Waals surface area contributed by atoms with Crippen LogP contribution in [0.3, 0.4) is 0 Å². The lowest BCUT2D eigenvalue weighted by molar-refractivity contribution is -0.143. The number of hydrogen-bond acceptors (Lipinski definition) is 5. The molecule has 0 spiro atoms. The summed E-state index contributed by atoms with van der Waals surface area (Å²) in [6.07, 6.45) is 8.15. The number of barbiturate groups is 1. The number of halogens is 1. The van der Waals surface area contributed by atoms with Crippen LogP contribution in [0.5, 0.6) is 0 Å². The number of hydrogen-bond donors (Lipinski definition) is 1. The van der Waals surface area contributed by atoms with E-state index in [0.29, 0.717) is 29.1 Å². The second-order valence-electron chi connectivity index (χ2n) is 8.12. The normalized spacial score (nSPS) is 15.5. The third-order valence-corrected chi connectivity index (χ3v) is 6.30. The lowest BCUT2D eigenvalue weighted by Crippen LogP contribution is -2.64. The second-order valence-corrected chi connectivity index (χ2v) is 8.56. The number of anilines is 1. The van der Waals surface area contributed by atoms with Crippen LogP contribution >= 0.6 is 11.6 Å². The van der Waals surface area contributed by atoms with Crippen LogP contribution in [0.2, 0.25) is 5.02 Å². The number of aryl methyl sites for hydroxylation is 3. The van der Waals surface area contributed by atoms with E-state index in [1.165, 1.54) is 0 Å². The zero-order valence-corrected chi connectivity index (χ0v) is 18.9. The Morgan fingerprint density at radius 2 is 1.42 bits per heavy atom. The van der Waals surface area contributed by atoms with Crippen molar-refractivity contribution in [1.82, 2.24) is 15.3 Å². The molecule has 3 aromatic rings. The predicted octanol–water partition coefficient (Wildman–Crippen LogP) is 4.27. The maximum Gasteiger partial charge on any atom is 0.335 e. The van der Waals surface area contributed by atoms with E-state index in [2.05, 4.69) is 15.3 Å². The second kappa shape index (κ2) is 9.50. The maximum atomic E-state index is 14.0. The topological polar surface area (TPSA) is 92.3 Å². The van der Waals surface area contributed by atoms with E-state index >= 15 is 0 Å². The SMILES string of the molecule is Cc1ccc(Cl)cc1N1C(=O)NC(=O)C(CCc2ccncc2)(CCc2ccncc2)C1=O. The smallest absolute Gasteiger partial charge is 0.276 e. The molecule has 1 N–H and O–H groups in total. The number of pyridine rings is 2. The van der Waals surface area contributed by atoms with E-state index in [1.807, 2.05) is 24.3 Å². The van der Waals surface area contributed by atoms with Crippen molar-refractivity contribution in [2.75, 3.05) is 4.90 Å². The fourth-order valence-corrected chi connectivity index (χ4v) is 4.26. The van der Waals surface area contributed by atoms with Gasteiger partial charge in [0, 0.05) is 29.8 Å². The first-order valence-electron chi connectivity index (χ1n) is 10.6. The minimum atomic E-state index is -1.42. The van der Waals surface area contributed by atoms with Gasteiger partial charge in [-0.15, -0.1) is 0 Å². The number of carbonyl (C=O) groups is 3. The van der Waals surface area contributed by atoms with Gasteiger partial charge in [-0.2, -0.15) is 0 Å². The van der Waals surface area contributed by atoms with Gasteiger partial charge in [0.05, 0.1) is 5.69 Å². The monoisotopic (exact) mass is 462 g/mol. The molecule has 1 aliphatic heterocycles. The van der Waals surface area contributed by atoms with Gasteiger partial charge in [0.2, 0.25) is 5.91 Å². The molecule has 0 bridgehead atoms. The van der Waals surface area contributed by atoms with Gasteiger partial charge >= 0.3 is 6.03 Å². The summed E-state index contributed by atoms with van der Waals surface area (Å²) in [6, 6.07) is 11.6. The standard InChI is InChI=1S/C25H23ClN4O3/c1-17-2-3-20(26)16-21(17)30-23(32)25(22(31)29-24(30)33,10-4-18-6-12-27-13-7-18)11-5-19-8-14-28-15-9-19/h2-3,6-9,12-16H,4-5,10-11H2,1H3,(H,29,31,33). The fourth-order valence-electron chi connectivity index (χ4n) is 4.10. The third-order valence-electron chi connectivity index (χ3n) is 6.06. The fraction of sp³-hybridized carbons (Fsp3) is 0.240. The summed E-state index contributed by atoms with van der Waals surface area (Å²) < 4.78 is 0. The summed E-state index contributed by atoms with van der Waals surface area (Å²) >= 11 is 6.17. The first kappa shape index (κ1) is 22.6. The van der Waals surface area contributed by atoms with Gasteiger partial charge in [-0.05, 0) is 85.7 Å². The molecule has 1 fully saturated rings. The van der Waals surface area contributed by atoms with E-state index < -0.39 is 23.3 Å². The molecule has 0 saturated carbocycles. The molecule has 0 radical (unpaired) electrons. The molecule has 168 valence electrons. The molecular weight excluding hydrogens is 440 g/mol. The molecule has 0 aliphatic carbocycles.